The number of carboxylic acids is 1. The third-order valence-corrected chi connectivity index (χ3v) is 3.57. The van der Waals surface area contributed by atoms with Gasteiger partial charge in [-0.15, -0.1) is 0 Å². The fourth-order valence-corrected chi connectivity index (χ4v) is 2.44. The van der Waals surface area contributed by atoms with Crippen molar-refractivity contribution in [1.29, 1.82) is 0 Å². The Kier molecular flexibility index (Phi) is 4.04. The quantitative estimate of drug-likeness (QED) is 0.897. The minimum Gasteiger partial charge on any atom is -0.481 e. The van der Waals surface area contributed by atoms with Crippen LogP contribution in [0.5, 0.6) is 0 Å². The summed E-state index contributed by atoms with van der Waals surface area (Å²) < 4.78 is 13.5. The summed E-state index contributed by atoms with van der Waals surface area (Å²) in [6.07, 6.45) is 1.28. The van der Waals surface area contributed by atoms with Gasteiger partial charge in [0.25, 0.3) is 0 Å². The van der Waals surface area contributed by atoms with Crippen LogP contribution in [0.4, 0.5) is 10.1 Å². The molecule has 4 nitrogen and oxygen atoms in total. The maximum atomic E-state index is 13.5. The van der Waals surface area contributed by atoms with Crippen molar-refractivity contribution < 1.29 is 19.1 Å². The third-order valence-electron chi connectivity index (χ3n) is 3.34. The summed E-state index contributed by atoms with van der Waals surface area (Å²) >= 11 is 5.73. The highest BCUT2D eigenvalue weighted by Crippen LogP contribution is 2.32. The minimum absolute atomic E-state index is 0.0243. The standard InChI is InChI=1S/C13H13ClFNO3/c14-9-3-4-10(15)11(6-9)16-12(17)7-1-2-8(5-7)13(18)19/h3-4,6-8H,1-2,5H2,(H,16,17)(H,18,19). The lowest BCUT2D eigenvalue weighted by atomic mass is 10.0. The number of carbonyl (C=O) groups excluding carboxylic acids is 1. The average molecular weight is 286 g/mol. The van der Waals surface area contributed by atoms with Gasteiger partial charge in [-0.1, -0.05) is 11.6 Å². The summed E-state index contributed by atoms with van der Waals surface area (Å²) in [5.41, 5.74) is 0.0243. The smallest absolute Gasteiger partial charge is 0.306 e. The highest BCUT2D eigenvalue weighted by Gasteiger charge is 2.34. The van der Waals surface area contributed by atoms with Crippen LogP contribution in [0.1, 0.15) is 19.3 Å². The second-order valence-electron chi connectivity index (χ2n) is 4.66. The first-order valence-electron chi connectivity index (χ1n) is 5.96. The number of carboxylic acid groups (broad SMARTS) is 1. The molecule has 1 saturated carbocycles. The number of rotatable bonds is 3. The largest absolute Gasteiger partial charge is 0.481 e. The van der Waals surface area contributed by atoms with Crippen molar-refractivity contribution in [2.45, 2.75) is 19.3 Å². The molecule has 2 N–H and O–H groups in total. The molecule has 2 atom stereocenters. The Labute approximate surface area is 114 Å². The first-order chi connectivity index (χ1) is 8.97. The number of aliphatic carboxylic acids is 1. The molecule has 2 rings (SSSR count). The van der Waals surface area contributed by atoms with Crippen molar-refractivity contribution in [2.75, 3.05) is 5.32 Å². The van der Waals surface area contributed by atoms with E-state index in [1.165, 1.54) is 18.2 Å². The maximum absolute atomic E-state index is 13.5. The van der Waals surface area contributed by atoms with E-state index >= 15 is 0 Å². The van der Waals surface area contributed by atoms with Crippen LogP contribution < -0.4 is 5.32 Å². The molecule has 6 heteroatoms. The van der Waals surface area contributed by atoms with Crippen LogP contribution in [0.2, 0.25) is 5.02 Å². The summed E-state index contributed by atoms with van der Waals surface area (Å²) in [5, 5.41) is 11.7. The normalized spacial score (nSPS) is 22.2. The molecule has 19 heavy (non-hydrogen) atoms. The Balaban J connectivity index is 2.02. The van der Waals surface area contributed by atoms with Crippen LogP contribution in [-0.4, -0.2) is 17.0 Å². The predicted octanol–water partition coefficient (Wildman–Crippen LogP) is 2.92. The van der Waals surface area contributed by atoms with Crippen molar-refractivity contribution >= 4 is 29.2 Å². The van der Waals surface area contributed by atoms with Crippen LogP contribution in [-0.2, 0) is 9.59 Å². The van der Waals surface area contributed by atoms with E-state index in [0.29, 0.717) is 24.3 Å². The van der Waals surface area contributed by atoms with Gasteiger partial charge in [0.2, 0.25) is 5.91 Å². The topological polar surface area (TPSA) is 66.4 Å². The minimum atomic E-state index is -0.885. The van der Waals surface area contributed by atoms with Crippen LogP contribution in [0, 0.1) is 17.7 Å². The Hall–Kier alpha value is -1.62. The first-order valence-corrected chi connectivity index (χ1v) is 6.34. The Morgan fingerprint density at radius 2 is 2.00 bits per heavy atom. The molecule has 1 fully saturated rings. The summed E-state index contributed by atoms with van der Waals surface area (Å²) in [7, 11) is 0. The number of halogens is 2. The van der Waals surface area contributed by atoms with Crippen LogP contribution in [0.15, 0.2) is 18.2 Å². The molecule has 2 unspecified atom stereocenters. The molecule has 0 bridgehead atoms. The molecule has 0 radical (unpaired) electrons. The fraction of sp³-hybridized carbons (Fsp3) is 0.385. The van der Waals surface area contributed by atoms with E-state index in [9.17, 15) is 14.0 Å². The predicted molar refractivity (Wildman–Crippen MR) is 68.5 cm³/mol. The highest BCUT2D eigenvalue weighted by molar-refractivity contribution is 6.30. The Bertz CT molecular complexity index is 521. The molecule has 1 aliphatic carbocycles. The van der Waals surface area contributed by atoms with Gasteiger partial charge in [0.15, 0.2) is 0 Å². The van der Waals surface area contributed by atoms with E-state index in [-0.39, 0.29) is 17.5 Å². The molecule has 0 aliphatic heterocycles. The van der Waals surface area contributed by atoms with E-state index in [1.54, 1.807) is 0 Å². The lowest BCUT2D eigenvalue weighted by Gasteiger charge is -2.11. The molecule has 0 spiro atoms. The number of anilines is 1. The second-order valence-corrected chi connectivity index (χ2v) is 5.09. The van der Waals surface area contributed by atoms with Gasteiger partial charge in [-0.25, -0.2) is 4.39 Å². The Morgan fingerprint density at radius 1 is 1.32 bits per heavy atom. The van der Waals surface area contributed by atoms with Crippen LogP contribution in [0.25, 0.3) is 0 Å². The monoisotopic (exact) mass is 285 g/mol. The van der Waals surface area contributed by atoms with E-state index in [1.807, 2.05) is 0 Å². The summed E-state index contributed by atoms with van der Waals surface area (Å²) in [6.45, 7) is 0. The van der Waals surface area contributed by atoms with Crippen LogP contribution >= 0.6 is 11.6 Å². The Morgan fingerprint density at radius 3 is 2.63 bits per heavy atom. The van der Waals surface area contributed by atoms with Gasteiger partial charge in [0.05, 0.1) is 11.6 Å². The van der Waals surface area contributed by atoms with Gasteiger partial charge < -0.3 is 10.4 Å². The lowest BCUT2D eigenvalue weighted by molar-refractivity contribution is -0.141. The molecule has 1 aromatic carbocycles. The molecule has 102 valence electrons. The van der Waals surface area contributed by atoms with Crippen LogP contribution in [0.3, 0.4) is 0 Å². The van der Waals surface area contributed by atoms with Crippen molar-refractivity contribution in [3.63, 3.8) is 0 Å². The number of nitrogens with one attached hydrogen (secondary N) is 1. The van der Waals surface area contributed by atoms with E-state index in [2.05, 4.69) is 5.32 Å². The third kappa shape index (κ3) is 3.23. The molecule has 0 aromatic heterocycles. The van der Waals surface area contributed by atoms with Gasteiger partial charge in [0.1, 0.15) is 5.82 Å². The molecule has 0 saturated heterocycles. The molecular formula is C13H13ClFNO3. The van der Waals surface area contributed by atoms with Gasteiger partial charge in [0, 0.05) is 10.9 Å². The molecule has 1 aromatic rings. The summed E-state index contributed by atoms with van der Waals surface area (Å²) in [5.74, 6) is -2.68. The number of carbonyl (C=O) groups is 2. The van der Waals surface area contributed by atoms with E-state index < -0.39 is 17.7 Å². The molecule has 1 aliphatic rings. The van der Waals surface area contributed by atoms with Gasteiger partial charge in [-0.2, -0.15) is 0 Å². The molecule has 1 amide bonds. The average Bonchev–Trinajstić information content (AvgIpc) is 2.83. The molecule has 0 heterocycles. The van der Waals surface area contributed by atoms with Gasteiger partial charge in [-0.05, 0) is 37.5 Å². The number of benzene rings is 1. The zero-order valence-electron chi connectivity index (χ0n) is 10.0. The van der Waals surface area contributed by atoms with Gasteiger partial charge >= 0.3 is 5.97 Å². The maximum Gasteiger partial charge on any atom is 0.306 e. The van der Waals surface area contributed by atoms with E-state index in [4.69, 9.17) is 16.7 Å². The lowest BCUT2D eigenvalue weighted by Crippen LogP contribution is -2.22. The summed E-state index contributed by atoms with van der Waals surface area (Å²) in [4.78, 5) is 22.8. The number of amides is 1. The van der Waals surface area contributed by atoms with Crippen molar-refractivity contribution in [2.24, 2.45) is 11.8 Å². The summed E-state index contributed by atoms with van der Waals surface area (Å²) in [6, 6.07) is 3.90. The SMILES string of the molecule is O=C(O)C1CCC(C(=O)Nc2cc(Cl)ccc2F)C1. The van der Waals surface area contributed by atoms with Crippen molar-refractivity contribution in [3.8, 4) is 0 Å². The zero-order valence-corrected chi connectivity index (χ0v) is 10.8. The van der Waals surface area contributed by atoms with Gasteiger partial charge in [-0.3, -0.25) is 9.59 Å². The van der Waals surface area contributed by atoms with Crippen molar-refractivity contribution in [1.82, 2.24) is 0 Å². The zero-order chi connectivity index (χ0) is 14.0. The number of hydrogen-bond acceptors (Lipinski definition) is 2. The highest BCUT2D eigenvalue weighted by atomic mass is 35.5. The number of hydrogen-bond donors (Lipinski definition) is 2. The fourth-order valence-electron chi connectivity index (χ4n) is 2.27. The van der Waals surface area contributed by atoms with Crippen molar-refractivity contribution in [3.05, 3.63) is 29.0 Å². The first kappa shape index (κ1) is 13.8. The molecular weight excluding hydrogens is 273 g/mol. The second kappa shape index (κ2) is 5.57. The van der Waals surface area contributed by atoms with E-state index in [0.717, 1.165) is 0 Å².